The van der Waals surface area contributed by atoms with E-state index in [9.17, 15) is 9.59 Å². The van der Waals surface area contributed by atoms with Crippen LogP contribution in [-0.4, -0.2) is 41.3 Å². The molecule has 2 amide bonds. The van der Waals surface area contributed by atoms with Gasteiger partial charge in [-0.1, -0.05) is 13.8 Å². The summed E-state index contributed by atoms with van der Waals surface area (Å²) in [6.45, 7) is 6.15. The molecule has 7 nitrogen and oxygen atoms in total. The standard InChI is InChI=1S/C16H26N4O3/c1-11(2)9-12(17)16-19-13(10-23-16)15(22)18-6-4-8-20-7-3-5-14(20)21/h10-12H,3-9,17H2,1-2H3,(H,18,22). The number of nitrogens with two attached hydrogens (primary N) is 1. The third-order valence-electron chi connectivity index (χ3n) is 3.86. The molecular weight excluding hydrogens is 296 g/mol. The largest absolute Gasteiger partial charge is 0.446 e. The van der Waals surface area contributed by atoms with Crippen molar-refractivity contribution in [3.05, 3.63) is 17.8 Å². The van der Waals surface area contributed by atoms with E-state index in [0.29, 0.717) is 31.3 Å². The van der Waals surface area contributed by atoms with E-state index >= 15 is 0 Å². The highest BCUT2D eigenvalue weighted by Crippen LogP contribution is 2.18. The fraction of sp³-hybridized carbons (Fsp3) is 0.688. The van der Waals surface area contributed by atoms with Gasteiger partial charge in [-0.2, -0.15) is 0 Å². The van der Waals surface area contributed by atoms with Crippen LogP contribution in [0.1, 0.15) is 62.0 Å². The van der Waals surface area contributed by atoms with Crippen LogP contribution in [0.4, 0.5) is 0 Å². The second-order valence-electron chi connectivity index (χ2n) is 6.40. The lowest BCUT2D eigenvalue weighted by molar-refractivity contribution is -0.127. The van der Waals surface area contributed by atoms with E-state index in [0.717, 1.165) is 25.8 Å². The van der Waals surface area contributed by atoms with Crippen molar-refractivity contribution < 1.29 is 14.0 Å². The topological polar surface area (TPSA) is 101 Å². The Kier molecular flexibility index (Phi) is 6.15. The van der Waals surface area contributed by atoms with Crippen molar-refractivity contribution in [3.63, 3.8) is 0 Å². The third-order valence-corrected chi connectivity index (χ3v) is 3.86. The minimum absolute atomic E-state index is 0.205. The van der Waals surface area contributed by atoms with Gasteiger partial charge in [0.15, 0.2) is 5.69 Å². The lowest BCUT2D eigenvalue weighted by atomic mass is 10.0. The molecule has 7 heteroatoms. The lowest BCUT2D eigenvalue weighted by Crippen LogP contribution is -2.30. The molecule has 0 spiro atoms. The van der Waals surface area contributed by atoms with Gasteiger partial charge in [-0.15, -0.1) is 0 Å². The highest BCUT2D eigenvalue weighted by atomic mass is 16.3. The maximum absolute atomic E-state index is 12.0. The van der Waals surface area contributed by atoms with Crippen molar-refractivity contribution >= 4 is 11.8 Å². The Balaban J connectivity index is 1.73. The molecular formula is C16H26N4O3. The zero-order valence-electron chi connectivity index (χ0n) is 13.9. The minimum Gasteiger partial charge on any atom is -0.446 e. The Morgan fingerprint density at radius 1 is 1.52 bits per heavy atom. The molecule has 3 N–H and O–H groups in total. The summed E-state index contributed by atoms with van der Waals surface area (Å²) in [5.74, 6) is 0.759. The van der Waals surface area contributed by atoms with Gasteiger partial charge >= 0.3 is 0 Å². The van der Waals surface area contributed by atoms with Crippen molar-refractivity contribution in [3.8, 4) is 0 Å². The normalized spacial score (nSPS) is 16.2. The van der Waals surface area contributed by atoms with E-state index in [1.165, 1.54) is 6.26 Å². The van der Waals surface area contributed by atoms with Crippen molar-refractivity contribution in [2.45, 2.75) is 45.6 Å². The number of carbonyl (C=O) groups is 2. The van der Waals surface area contributed by atoms with Crippen LogP contribution in [0.15, 0.2) is 10.7 Å². The summed E-state index contributed by atoms with van der Waals surface area (Å²) in [4.78, 5) is 29.5. The average molecular weight is 322 g/mol. The number of rotatable bonds is 8. The van der Waals surface area contributed by atoms with Gasteiger partial charge in [-0.05, 0) is 25.2 Å². The summed E-state index contributed by atoms with van der Waals surface area (Å²) in [5, 5.41) is 2.79. The Hall–Kier alpha value is -1.89. The predicted octanol–water partition coefficient (Wildman–Crippen LogP) is 1.46. The molecule has 1 atom stereocenters. The molecule has 1 aliphatic heterocycles. The maximum atomic E-state index is 12.0. The first-order valence-electron chi connectivity index (χ1n) is 8.24. The van der Waals surface area contributed by atoms with E-state index in [1.807, 2.05) is 4.90 Å². The summed E-state index contributed by atoms with van der Waals surface area (Å²) in [6, 6.07) is -0.294. The van der Waals surface area contributed by atoms with Crippen molar-refractivity contribution in [1.82, 2.24) is 15.2 Å². The SMILES string of the molecule is CC(C)CC(N)c1nc(C(=O)NCCCN2CCCC2=O)co1. The van der Waals surface area contributed by atoms with Crippen LogP contribution < -0.4 is 11.1 Å². The van der Waals surface area contributed by atoms with Crippen molar-refractivity contribution in [1.29, 1.82) is 0 Å². The Morgan fingerprint density at radius 2 is 2.30 bits per heavy atom. The fourth-order valence-corrected chi connectivity index (χ4v) is 2.67. The predicted molar refractivity (Wildman–Crippen MR) is 85.7 cm³/mol. The Labute approximate surface area is 136 Å². The lowest BCUT2D eigenvalue weighted by Gasteiger charge is -2.14. The number of hydrogen-bond donors (Lipinski definition) is 2. The van der Waals surface area contributed by atoms with Crippen molar-refractivity contribution in [2.75, 3.05) is 19.6 Å². The number of nitrogens with one attached hydrogen (secondary N) is 1. The minimum atomic E-state index is -0.294. The maximum Gasteiger partial charge on any atom is 0.273 e. The molecule has 0 bridgehead atoms. The number of carbonyl (C=O) groups excluding carboxylic acids is 2. The number of hydrogen-bond acceptors (Lipinski definition) is 5. The molecule has 1 aliphatic rings. The van der Waals surface area contributed by atoms with Crippen LogP contribution in [-0.2, 0) is 4.79 Å². The fourth-order valence-electron chi connectivity index (χ4n) is 2.67. The van der Waals surface area contributed by atoms with E-state index in [2.05, 4.69) is 24.1 Å². The first-order chi connectivity index (χ1) is 11.0. The van der Waals surface area contributed by atoms with E-state index in [4.69, 9.17) is 10.2 Å². The van der Waals surface area contributed by atoms with Gasteiger partial charge in [0, 0.05) is 26.1 Å². The Bertz CT molecular complexity index is 541. The van der Waals surface area contributed by atoms with E-state index in [-0.39, 0.29) is 23.6 Å². The zero-order chi connectivity index (χ0) is 16.8. The third kappa shape index (κ3) is 5.06. The van der Waals surface area contributed by atoms with Crippen LogP contribution in [0.5, 0.6) is 0 Å². The molecule has 0 aliphatic carbocycles. The number of likely N-dealkylation sites (tertiary alicyclic amines) is 1. The molecule has 1 aromatic rings. The van der Waals surface area contributed by atoms with E-state index < -0.39 is 0 Å². The number of nitrogens with zero attached hydrogens (tertiary/aromatic N) is 2. The highest BCUT2D eigenvalue weighted by molar-refractivity contribution is 5.91. The second-order valence-corrected chi connectivity index (χ2v) is 6.40. The van der Waals surface area contributed by atoms with E-state index in [1.54, 1.807) is 0 Å². The first-order valence-corrected chi connectivity index (χ1v) is 8.24. The quantitative estimate of drug-likeness (QED) is 0.706. The molecule has 1 fully saturated rings. The average Bonchev–Trinajstić information content (AvgIpc) is 3.12. The monoisotopic (exact) mass is 322 g/mol. The van der Waals surface area contributed by atoms with Crippen LogP contribution in [0.2, 0.25) is 0 Å². The number of oxazole rings is 1. The van der Waals surface area contributed by atoms with Crippen LogP contribution >= 0.6 is 0 Å². The Morgan fingerprint density at radius 3 is 2.96 bits per heavy atom. The number of aromatic nitrogens is 1. The summed E-state index contributed by atoms with van der Waals surface area (Å²) in [6.07, 6.45) is 4.41. The van der Waals surface area contributed by atoms with Crippen LogP contribution in [0, 0.1) is 5.92 Å². The molecule has 2 heterocycles. The van der Waals surface area contributed by atoms with Gasteiger partial charge in [0.1, 0.15) is 6.26 Å². The summed E-state index contributed by atoms with van der Waals surface area (Å²) < 4.78 is 5.30. The molecule has 0 radical (unpaired) electrons. The van der Waals surface area contributed by atoms with Gasteiger partial charge in [0.2, 0.25) is 11.8 Å². The second kappa shape index (κ2) is 8.10. The summed E-state index contributed by atoms with van der Waals surface area (Å²) >= 11 is 0. The zero-order valence-corrected chi connectivity index (χ0v) is 13.9. The molecule has 128 valence electrons. The van der Waals surface area contributed by atoms with Gasteiger partial charge in [-0.25, -0.2) is 4.98 Å². The summed E-state index contributed by atoms with van der Waals surface area (Å²) in [7, 11) is 0. The van der Waals surface area contributed by atoms with Gasteiger partial charge in [0.05, 0.1) is 6.04 Å². The van der Waals surface area contributed by atoms with Gasteiger partial charge in [-0.3, -0.25) is 9.59 Å². The molecule has 1 aromatic heterocycles. The van der Waals surface area contributed by atoms with Crippen molar-refractivity contribution in [2.24, 2.45) is 11.7 Å². The van der Waals surface area contributed by atoms with Crippen LogP contribution in [0.3, 0.4) is 0 Å². The molecule has 23 heavy (non-hydrogen) atoms. The summed E-state index contributed by atoms with van der Waals surface area (Å²) in [5.41, 5.74) is 6.24. The smallest absolute Gasteiger partial charge is 0.273 e. The van der Waals surface area contributed by atoms with Crippen LogP contribution in [0.25, 0.3) is 0 Å². The molecule has 0 saturated carbocycles. The molecule has 1 unspecified atom stereocenters. The first kappa shape index (κ1) is 17.5. The number of amides is 2. The highest BCUT2D eigenvalue weighted by Gasteiger charge is 2.20. The van der Waals surface area contributed by atoms with Gasteiger partial charge < -0.3 is 20.4 Å². The molecule has 0 aromatic carbocycles. The molecule has 2 rings (SSSR count). The van der Waals surface area contributed by atoms with Gasteiger partial charge in [0.25, 0.3) is 5.91 Å². The molecule has 1 saturated heterocycles.